The predicted octanol–water partition coefficient (Wildman–Crippen LogP) is -0.275. The smallest absolute Gasteiger partial charge is 0.333 e. The quantitative estimate of drug-likeness (QED) is 0.744. The van der Waals surface area contributed by atoms with Crippen LogP contribution in [0.25, 0.3) is 5.57 Å². The molecular weight excluding hydrogens is 252 g/mol. The number of aromatic nitrogens is 2. The number of nitrogens with zero attached hydrogens (tertiary/aromatic N) is 2. The van der Waals surface area contributed by atoms with E-state index in [1.54, 1.807) is 6.92 Å². The van der Waals surface area contributed by atoms with Crippen LogP contribution in [0.5, 0.6) is 5.88 Å². The van der Waals surface area contributed by atoms with Gasteiger partial charge in [-0.2, -0.15) is 0 Å². The van der Waals surface area contributed by atoms with Gasteiger partial charge in [-0.1, -0.05) is 6.92 Å². The van der Waals surface area contributed by atoms with Gasteiger partial charge in [0.2, 0.25) is 5.88 Å². The van der Waals surface area contributed by atoms with Gasteiger partial charge in [0.1, 0.15) is 12.2 Å². The van der Waals surface area contributed by atoms with Gasteiger partial charge in [0, 0.05) is 25.2 Å². The standard InChI is InChI=1S/C12H14N2O5/c1-4-6(11(16)17)7-5-19-10-8(7)9(15)13(2)12(18)14(10)3/h4-5H2,1-3H3,(H,16,17). The van der Waals surface area contributed by atoms with Crippen LogP contribution in [0.4, 0.5) is 0 Å². The van der Waals surface area contributed by atoms with Crippen LogP contribution >= 0.6 is 0 Å². The van der Waals surface area contributed by atoms with Crippen molar-refractivity contribution in [2.24, 2.45) is 14.1 Å². The molecule has 0 unspecified atom stereocenters. The summed E-state index contributed by atoms with van der Waals surface area (Å²) in [6, 6.07) is 0. The molecule has 0 amide bonds. The average Bonchev–Trinajstić information content (AvgIpc) is 2.79. The molecule has 7 nitrogen and oxygen atoms in total. The van der Waals surface area contributed by atoms with Gasteiger partial charge < -0.3 is 9.84 Å². The Morgan fingerprint density at radius 1 is 1.32 bits per heavy atom. The van der Waals surface area contributed by atoms with Crippen molar-refractivity contribution in [2.45, 2.75) is 13.3 Å². The average molecular weight is 266 g/mol. The molecule has 102 valence electrons. The second-order valence-electron chi connectivity index (χ2n) is 4.29. The topological polar surface area (TPSA) is 90.5 Å². The second-order valence-corrected chi connectivity index (χ2v) is 4.29. The van der Waals surface area contributed by atoms with Crippen LogP contribution in [-0.4, -0.2) is 26.8 Å². The van der Waals surface area contributed by atoms with Crippen LogP contribution in [0.15, 0.2) is 15.2 Å². The van der Waals surface area contributed by atoms with Crippen LogP contribution in [0.3, 0.4) is 0 Å². The number of ether oxygens (including phenoxy) is 1. The summed E-state index contributed by atoms with van der Waals surface area (Å²) in [5.41, 5.74) is -0.379. The molecule has 19 heavy (non-hydrogen) atoms. The summed E-state index contributed by atoms with van der Waals surface area (Å²) < 4.78 is 7.47. The number of fused-ring (bicyclic) bond motifs is 1. The highest BCUT2D eigenvalue weighted by Gasteiger charge is 2.30. The minimum atomic E-state index is -1.08. The molecule has 0 aliphatic carbocycles. The monoisotopic (exact) mass is 266 g/mol. The molecule has 0 bridgehead atoms. The largest absolute Gasteiger partial charge is 0.478 e. The fourth-order valence-electron chi connectivity index (χ4n) is 2.20. The van der Waals surface area contributed by atoms with Gasteiger partial charge in [-0.05, 0) is 6.42 Å². The minimum Gasteiger partial charge on any atom is -0.478 e. The molecule has 0 saturated carbocycles. The van der Waals surface area contributed by atoms with E-state index in [0.717, 1.165) is 4.57 Å². The van der Waals surface area contributed by atoms with Gasteiger partial charge in [0.25, 0.3) is 5.56 Å². The normalized spacial score (nSPS) is 15.9. The van der Waals surface area contributed by atoms with Gasteiger partial charge in [-0.3, -0.25) is 13.9 Å². The molecule has 1 N–H and O–H groups in total. The maximum atomic E-state index is 12.1. The first-order chi connectivity index (χ1) is 8.90. The molecule has 1 aromatic rings. The van der Waals surface area contributed by atoms with Gasteiger partial charge >= 0.3 is 11.7 Å². The lowest BCUT2D eigenvalue weighted by molar-refractivity contribution is -0.132. The zero-order valence-corrected chi connectivity index (χ0v) is 10.9. The molecule has 0 fully saturated rings. The molecule has 2 heterocycles. The van der Waals surface area contributed by atoms with Gasteiger partial charge in [0.05, 0.1) is 0 Å². The highest BCUT2D eigenvalue weighted by molar-refractivity contribution is 5.97. The summed E-state index contributed by atoms with van der Waals surface area (Å²) in [5.74, 6) is -0.944. The zero-order chi connectivity index (χ0) is 14.3. The fourth-order valence-corrected chi connectivity index (χ4v) is 2.20. The van der Waals surface area contributed by atoms with Crippen LogP contribution in [0, 0.1) is 0 Å². The van der Waals surface area contributed by atoms with Crippen molar-refractivity contribution < 1.29 is 14.6 Å². The molecule has 0 radical (unpaired) electrons. The molecule has 1 aliphatic heterocycles. The molecule has 0 aromatic carbocycles. The fraction of sp³-hybridized carbons (Fsp3) is 0.417. The Bertz CT molecular complexity index is 708. The van der Waals surface area contributed by atoms with Crippen molar-refractivity contribution >= 4 is 11.5 Å². The zero-order valence-electron chi connectivity index (χ0n) is 10.9. The highest BCUT2D eigenvalue weighted by Crippen LogP contribution is 2.31. The molecule has 1 aromatic heterocycles. The maximum Gasteiger partial charge on any atom is 0.333 e. The van der Waals surface area contributed by atoms with Crippen LogP contribution in [0.1, 0.15) is 18.9 Å². The van der Waals surface area contributed by atoms with E-state index in [0.29, 0.717) is 5.57 Å². The lowest BCUT2D eigenvalue weighted by Crippen LogP contribution is -2.38. The van der Waals surface area contributed by atoms with Crippen LogP contribution < -0.4 is 16.0 Å². The van der Waals surface area contributed by atoms with E-state index in [1.807, 2.05) is 0 Å². The Labute approximate surface area is 108 Å². The van der Waals surface area contributed by atoms with Gasteiger partial charge in [-0.15, -0.1) is 0 Å². The number of rotatable bonds is 2. The number of carboxylic acid groups (broad SMARTS) is 1. The lowest BCUT2D eigenvalue weighted by Gasteiger charge is -2.07. The Kier molecular flexibility index (Phi) is 3.05. The summed E-state index contributed by atoms with van der Waals surface area (Å²) in [7, 11) is 2.84. The number of hydrogen-bond acceptors (Lipinski definition) is 4. The van der Waals surface area contributed by atoms with E-state index >= 15 is 0 Å². The van der Waals surface area contributed by atoms with Crippen LogP contribution in [-0.2, 0) is 18.9 Å². The molecular formula is C12H14N2O5. The molecule has 2 rings (SSSR count). The van der Waals surface area contributed by atoms with Crippen molar-refractivity contribution in [1.82, 2.24) is 9.13 Å². The third kappa shape index (κ3) is 1.78. The minimum absolute atomic E-state index is 0.00264. The Balaban J connectivity index is 2.88. The van der Waals surface area contributed by atoms with E-state index in [2.05, 4.69) is 0 Å². The summed E-state index contributed by atoms with van der Waals surface area (Å²) in [5, 5.41) is 9.15. The van der Waals surface area contributed by atoms with E-state index in [9.17, 15) is 14.4 Å². The summed E-state index contributed by atoms with van der Waals surface area (Å²) in [4.78, 5) is 35.1. The third-order valence-electron chi connectivity index (χ3n) is 3.24. The van der Waals surface area contributed by atoms with E-state index in [4.69, 9.17) is 9.84 Å². The van der Waals surface area contributed by atoms with Gasteiger partial charge in [-0.25, -0.2) is 9.59 Å². The van der Waals surface area contributed by atoms with Crippen molar-refractivity contribution in [1.29, 1.82) is 0 Å². The maximum absolute atomic E-state index is 12.1. The predicted molar refractivity (Wildman–Crippen MR) is 67.3 cm³/mol. The number of carboxylic acids is 1. The molecule has 0 atom stereocenters. The molecule has 1 aliphatic rings. The first-order valence-corrected chi connectivity index (χ1v) is 5.78. The van der Waals surface area contributed by atoms with Crippen molar-refractivity contribution in [2.75, 3.05) is 6.61 Å². The number of carbonyl (C=O) groups is 1. The Hall–Kier alpha value is -2.31. The van der Waals surface area contributed by atoms with Gasteiger partial charge in [0.15, 0.2) is 0 Å². The third-order valence-corrected chi connectivity index (χ3v) is 3.24. The molecule has 7 heteroatoms. The van der Waals surface area contributed by atoms with Crippen molar-refractivity contribution in [3.8, 4) is 5.88 Å². The lowest BCUT2D eigenvalue weighted by atomic mass is 10.0. The summed E-state index contributed by atoms with van der Waals surface area (Å²) in [6.45, 7) is 1.69. The van der Waals surface area contributed by atoms with Crippen molar-refractivity contribution in [3.05, 3.63) is 32.0 Å². The van der Waals surface area contributed by atoms with Crippen molar-refractivity contribution in [3.63, 3.8) is 0 Å². The SMILES string of the molecule is CCC(C(=O)O)=C1COc2c1c(=O)n(C)c(=O)n2C. The Morgan fingerprint density at radius 2 is 1.95 bits per heavy atom. The second kappa shape index (κ2) is 4.42. The van der Waals surface area contributed by atoms with E-state index in [-0.39, 0.29) is 30.0 Å². The molecule has 0 saturated heterocycles. The summed E-state index contributed by atoms with van der Waals surface area (Å²) in [6.07, 6.45) is 0.277. The number of hydrogen-bond donors (Lipinski definition) is 1. The van der Waals surface area contributed by atoms with E-state index in [1.165, 1.54) is 18.7 Å². The van der Waals surface area contributed by atoms with E-state index < -0.39 is 17.2 Å². The first-order valence-electron chi connectivity index (χ1n) is 5.78. The first kappa shape index (κ1) is 13.1. The summed E-state index contributed by atoms with van der Waals surface area (Å²) >= 11 is 0. The van der Waals surface area contributed by atoms with Crippen LogP contribution in [0.2, 0.25) is 0 Å². The highest BCUT2D eigenvalue weighted by atomic mass is 16.5. The molecule has 0 spiro atoms. The number of aliphatic carboxylic acids is 1. The Morgan fingerprint density at radius 3 is 2.47 bits per heavy atom.